The number of rotatable bonds is 2. The van der Waals surface area contributed by atoms with Gasteiger partial charge in [0.2, 0.25) is 5.91 Å². The topological polar surface area (TPSA) is 46.2 Å². The Bertz CT molecular complexity index is 907. The van der Waals surface area contributed by atoms with E-state index in [1.807, 2.05) is 12.1 Å². The van der Waals surface area contributed by atoms with Crippen LogP contribution in [0.4, 0.5) is 13.2 Å². The van der Waals surface area contributed by atoms with Gasteiger partial charge < -0.3 is 5.32 Å². The summed E-state index contributed by atoms with van der Waals surface area (Å²) in [6.45, 7) is -0.152. The third-order valence-corrected chi connectivity index (χ3v) is 5.90. The molecule has 0 radical (unpaired) electrons. The van der Waals surface area contributed by atoms with Crippen molar-refractivity contribution in [2.45, 2.75) is 37.8 Å². The lowest BCUT2D eigenvalue weighted by molar-refractivity contribution is -0.178. The van der Waals surface area contributed by atoms with Crippen LogP contribution in [-0.4, -0.2) is 24.4 Å². The normalized spacial score (nSPS) is 21.2. The number of Topliss-reactive ketones (excluding diaryl/α,β-unsaturated/α-hetero) is 1. The van der Waals surface area contributed by atoms with Crippen molar-refractivity contribution in [3.8, 4) is 11.1 Å². The molecule has 0 spiro atoms. The number of hydrogen-bond donors (Lipinski definition) is 1. The average molecular weight is 458 g/mol. The van der Waals surface area contributed by atoms with Crippen molar-refractivity contribution in [3.63, 3.8) is 0 Å². The van der Waals surface area contributed by atoms with E-state index in [1.165, 1.54) is 0 Å². The predicted octanol–water partition coefficient (Wildman–Crippen LogP) is 6.18. The van der Waals surface area contributed by atoms with Crippen molar-refractivity contribution < 1.29 is 22.8 Å². The number of amides is 1. The van der Waals surface area contributed by atoms with Crippen molar-refractivity contribution in [2.75, 3.05) is 6.54 Å². The molecular formula is C22H20Cl2F3NO2. The minimum atomic E-state index is -4.34. The zero-order valence-corrected chi connectivity index (χ0v) is 17.4. The van der Waals surface area contributed by atoms with E-state index >= 15 is 0 Å². The summed E-state index contributed by atoms with van der Waals surface area (Å²) in [4.78, 5) is 25.6. The van der Waals surface area contributed by atoms with Crippen molar-refractivity contribution in [3.05, 3.63) is 58.1 Å². The average Bonchev–Trinajstić information content (AvgIpc) is 2.68. The number of halogens is 5. The molecule has 2 aromatic rings. The lowest BCUT2D eigenvalue weighted by atomic mass is 9.86. The van der Waals surface area contributed by atoms with Gasteiger partial charge in [-0.2, -0.15) is 13.2 Å². The molecule has 8 heteroatoms. The number of carbonyl (C=O) groups is 2. The van der Waals surface area contributed by atoms with Crippen LogP contribution in [-0.2, 0) is 9.59 Å². The second kappa shape index (κ2) is 9.40. The van der Waals surface area contributed by atoms with Crippen LogP contribution in [0.15, 0.2) is 42.5 Å². The smallest absolute Gasteiger partial charge is 0.355 e. The third-order valence-electron chi connectivity index (χ3n) is 5.30. The molecule has 2 aromatic carbocycles. The van der Waals surface area contributed by atoms with Gasteiger partial charge in [-0.15, -0.1) is 0 Å². The van der Waals surface area contributed by atoms with E-state index in [0.29, 0.717) is 10.6 Å². The number of hydrogen-bond acceptors (Lipinski definition) is 2. The summed E-state index contributed by atoms with van der Waals surface area (Å²) < 4.78 is 39.3. The first-order valence-corrected chi connectivity index (χ1v) is 10.3. The maximum atomic E-state index is 13.1. The maximum absolute atomic E-state index is 13.1. The largest absolute Gasteiger partial charge is 0.391 e. The maximum Gasteiger partial charge on any atom is 0.391 e. The van der Waals surface area contributed by atoms with Crippen LogP contribution >= 0.6 is 23.2 Å². The molecule has 0 aromatic heterocycles. The molecule has 1 aliphatic heterocycles. The summed E-state index contributed by atoms with van der Waals surface area (Å²) in [5, 5.41) is 3.32. The third kappa shape index (κ3) is 5.35. The van der Waals surface area contributed by atoms with Crippen LogP contribution in [0.1, 0.15) is 37.2 Å². The second-order valence-corrected chi connectivity index (χ2v) is 8.20. The molecule has 1 amide bonds. The molecular weight excluding hydrogens is 438 g/mol. The Balaban J connectivity index is 1.90. The molecule has 1 N–H and O–H groups in total. The highest BCUT2D eigenvalue weighted by Gasteiger charge is 2.40. The van der Waals surface area contributed by atoms with E-state index in [0.717, 1.165) is 11.1 Å². The van der Waals surface area contributed by atoms with E-state index in [1.54, 1.807) is 30.3 Å². The standard InChI is InChI=1S/C22H20Cl2F3NO2/c23-16-7-4-13(5-8-16)14-6-9-18(24)17(12-14)20-19(29)3-1-2-15(22(25,26)27)10-11-28-21(20)30/h4-9,12,15,20H,1-3,10-11H2,(H,28,30). The minimum Gasteiger partial charge on any atom is -0.355 e. The number of alkyl halides is 3. The van der Waals surface area contributed by atoms with E-state index in [2.05, 4.69) is 5.32 Å². The fraction of sp³-hybridized carbons (Fsp3) is 0.364. The number of carbonyl (C=O) groups excluding carboxylic acids is 2. The van der Waals surface area contributed by atoms with Crippen LogP contribution in [0.5, 0.6) is 0 Å². The second-order valence-electron chi connectivity index (χ2n) is 7.35. The van der Waals surface area contributed by atoms with Gasteiger partial charge in [-0.1, -0.05) is 41.4 Å². The van der Waals surface area contributed by atoms with Gasteiger partial charge >= 0.3 is 6.18 Å². The van der Waals surface area contributed by atoms with Crippen molar-refractivity contribution in [1.82, 2.24) is 5.32 Å². The summed E-state index contributed by atoms with van der Waals surface area (Å²) in [5.74, 6) is -3.75. The summed E-state index contributed by atoms with van der Waals surface area (Å²) >= 11 is 12.2. The van der Waals surface area contributed by atoms with Crippen LogP contribution in [0.3, 0.4) is 0 Å². The summed E-state index contributed by atoms with van der Waals surface area (Å²) in [5.41, 5.74) is 1.93. The Morgan fingerprint density at radius 2 is 1.60 bits per heavy atom. The Morgan fingerprint density at radius 3 is 2.27 bits per heavy atom. The van der Waals surface area contributed by atoms with Gasteiger partial charge in [0.25, 0.3) is 0 Å². The summed E-state index contributed by atoms with van der Waals surface area (Å²) in [6.07, 6.45) is -4.75. The van der Waals surface area contributed by atoms with Crippen molar-refractivity contribution in [1.29, 1.82) is 0 Å². The van der Waals surface area contributed by atoms with Crippen LogP contribution < -0.4 is 5.32 Å². The molecule has 2 atom stereocenters. The highest BCUT2D eigenvalue weighted by atomic mass is 35.5. The Labute approximate surface area is 182 Å². The monoisotopic (exact) mass is 457 g/mol. The Morgan fingerprint density at radius 1 is 0.933 bits per heavy atom. The highest BCUT2D eigenvalue weighted by molar-refractivity contribution is 6.32. The molecule has 1 fully saturated rings. The lowest BCUT2D eigenvalue weighted by Gasteiger charge is -2.24. The van der Waals surface area contributed by atoms with Gasteiger partial charge in [-0.25, -0.2) is 0 Å². The molecule has 1 heterocycles. The van der Waals surface area contributed by atoms with Gasteiger partial charge in [0.15, 0.2) is 0 Å². The van der Waals surface area contributed by atoms with E-state index in [4.69, 9.17) is 23.2 Å². The number of benzene rings is 2. The molecule has 0 bridgehead atoms. The van der Waals surface area contributed by atoms with Gasteiger partial charge in [-0.05, 0) is 60.2 Å². The van der Waals surface area contributed by atoms with Gasteiger partial charge in [0.05, 0.1) is 5.92 Å². The molecule has 3 nitrogen and oxygen atoms in total. The number of nitrogens with one attached hydrogen (secondary N) is 1. The van der Waals surface area contributed by atoms with Gasteiger partial charge in [0, 0.05) is 23.0 Å². The van der Waals surface area contributed by atoms with Crippen LogP contribution in [0.25, 0.3) is 11.1 Å². The van der Waals surface area contributed by atoms with Crippen molar-refractivity contribution >= 4 is 34.9 Å². The summed E-state index contributed by atoms with van der Waals surface area (Å²) in [6, 6.07) is 12.1. The Kier molecular flexibility index (Phi) is 7.09. The molecule has 160 valence electrons. The van der Waals surface area contributed by atoms with Gasteiger partial charge in [-0.3, -0.25) is 9.59 Å². The Hall–Kier alpha value is -2.05. The fourth-order valence-electron chi connectivity index (χ4n) is 3.66. The number of ketones is 1. The predicted molar refractivity (Wildman–Crippen MR) is 111 cm³/mol. The first-order valence-electron chi connectivity index (χ1n) is 9.59. The summed E-state index contributed by atoms with van der Waals surface area (Å²) in [7, 11) is 0. The van der Waals surface area contributed by atoms with Crippen molar-refractivity contribution in [2.24, 2.45) is 5.92 Å². The molecule has 3 rings (SSSR count). The zero-order valence-electron chi connectivity index (χ0n) is 15.9. The minimum absolute atomic E-state index is 0.0707. The quantitative estimate of drug-likeness (QED) is 0.547. The molecule has 30 heavy (non-hydrogen) atoms. The van der Waals surface area contributed by atoms with E-state index in [9.17, 15) is 22.8 Å². The molecule has 0 aliphatic carbocycles. The molecule has 1 saturated heterocycles. The molecule has 0 saturated carbocycles. The fourth-order valence-corrected chi connectivity index (χ4v) is 4.01. The molecule has 2 unspecified atom stereocenters. The highest BCUT2D eigenvalue weighted by Crippen LogP contribution is 2.35. The van der Waals surface area contributed by atoms with Crippen LogP contribution in [0, 0.1) is 5.92 Å². The van der Waals surface area contributed by atoms with Crippen LogP contribution in [0.2, 0.25) is 10.0 Å². The first kappa shape index (κ1) is 22.6. The lowest BCUT2D eigenvalue weighted by Crippen LogP contribution is -2.37. The van der Waals surface area contributed by atoms with E-state index < -0.39 is 29.7 Å². The zero-order chi connectivity index (χ0) is 21.9. The SMILES string of the molecule is O=C1CCCC(C(F)(F)F)CCNC(=O)C1c1cc(-c2ccc(Cl)cc2)ccc1Cl. The molecule has 1 aliphatic rings. The first-order chi connectivity index (χ1) is 14.2. The van der Waals surface area contributed by atoms with E-state index in [-0.39, 0.29) is 37.3 Å². The van der Waals surface area contributed by atoms with Gasteiger partial charge in [0.1, 0.15) is 11.7 Å².